The summed E-state index contributed by atoms with van der Waals surface area (Å²) in [4.78, 5) is 61.5. The zero-order valence-electron chi connectivity index (χ0n) is 15.2. The van der Waals surface area contributed by atoms with Crippen molar-refractivity contribution in [2.75, 3.05) is 19.0 Å². The first-order valence-electron chi connectivity index (χ1n) is 7.94. The van der Waals surface area contributed by atoms with E-state index in [-0.39, 0.29) is 5.56 Å². The van der Waals surface area contributed by atoms with E-state index in [9.17, 15) is 44.4 Å². The van der Waals surface area contributed by atoms with Crippen molar-refractivity contribution >= 4 is 35.3 Å². The standard InChI is InChI=1S/C19H15NO9/c1-20(2)14-12(15(21)8-6-4-3-5-7-8)10(17(24)25)9(16(22)23)11(18(26)27)13(14)19(28)29/h3-7H,1-2H3,(H,22,23)(H,24,25)(H,26,27)(H,28,29). The number of carbonyl (C=O) groups excluding carboxylic acids is 1. The van der Waals surface area contributed by atoms with Crippen molar-refractivity contribution in [3.63, 3.8) is 0 Å². The van der Waals surface area contributed by atoms with Crippen LogP contribution in [0.3, 0.4) is 0 Å². The number of carboxylic acid groups (broad SMARTS) is 4. The number of benzene rings is 2. The fraction of sp³-hybridized carbons (Fsp3) is 0.105. The number of ketones is 1. The molecule has 2 rings (SSSR count). The van der Waals surface area contributed by atoms with Gasteiger partial charge < -0.3 is 25.3 Å². The SMILES string of the molecule is CN(C)c1c(C(=O)O)c(C(=O)O)c(C(=O)O)c(C(=O)O)c1C(=O)c1ccccc1. The largest absolute Gasteiger partial charge is 0.478 e. The Bertz CT molecular complexity index is 1060. The third kappa shape index (κ3) is 3.63. The van der Waals surface area contributed by atoms with E-state index in [2.05, 4.69) is 0 Å². The molecule has 0 saturated carbocycles. The highest BCUT2D eigenvalue weighted by Gasteiger charge is 2.39. The zero-order chi connectivity index (χ0) is 22.0. The van der Waals surface area contributed by atoms with Crippen LogP contribution in [0, 0.1) is 0 Å². The van der Waals surface area contributed by atoms with Crippen LogP contribution in [-0.4, -0.2) is 64.2 Å². The minimum Gasteiger partial charge on any atom is -0.478 e. The Morgan fingerprint density at radius 3 is 1.38 bits per heavy atom. The molecule has 0 atom stereocenters. The lowest BCUT2D eigenvalue weighted by Crippen LogP contribution is -2.28. The second kappa shape index (κ2) is 7.80. The van der Waals surface area contributed by atoms with Crippen LogP contribution in [0.5, 0.6) is 0 Å². The molecule has 4 N–H and O–H groups in total. The highest BCUT2D eigenvalue weighted by molar-refractivity contribution is 6.25. The van der Waals surface area contributed by atoms with Gasteiger partial charge in [0, 0.05) is 19.7 Å². The highest BCUT2D eigenvalue weighted by atomic mass is 16.4. The van der Waals surface area contributed by atoms with Crippen LogP contribution in [0.25, 0.3) is 0 Å². The fourth-order valence-electron chi connectivity index (χ4n) is 2.99. The van der Waals surface area contributed by atoms with E-state index in [1.54, 1.807) is 6.07 Å². The summed E-state index contributed by atoms with van der Waals surface area (Å²) in [5.41, 5.74) is -5.89. The molecular weight excluding hydrogens is 386 g/mol. The first-order chi connectivity index (χ1) is 13.5. The molecule has 0 unspecified atom stereocenters. The van der Waals surface area contributed by atoms with Crippen molar-refractivity contribution in [3.8, 4) is 0 Å². The Balaban J connectivity index is 3.23. The Hall–Kier alpha value is -4.21. The van der Waals surface area contributed by atoms with Crippen LogP contribution < -0.4 is 4.90 Å². The van der Waals surface area contributed by atoms with E-state index in [4.69, 9.17) is 0 Å². The van der Waals surface area contributed by atoms with Crippen LogP contribution in [0.4, 0.5) is 5.69 Å². The van der Waals surface area contributed by atoms with Crippen molar-refractivity contribution in [2.24, 2.45) is 0 Å². The van der Waals surface area contributed by atoms with Crippen LogP contribution in [-0.2, 0) is 0 Å². The van der Waals surface area contributed by atoms with Crippen LogP contribution >= 0.6 is 0 Å². The second-order valence-corrected chi connectivity index (χ2v) is 6.03. The smallest absolute Gasteiger partial charge is 0.338 e. The molecule has 10 heteroatoms. The molecule has 0 aliphatic heterocycles. The minimum absolute atomic E-state index is 0.0335. The predicted octanol–water partition coefficient (Wildman–Crippen LogP) is 1.78. The van der Waals surface area contributed by atoms with Gasteiger partial charge in [-0.25, -0.2) is 19.2 Å². The minimum atomic E-state index is -1.99. The van der Waals surface area contributed by atoms with Crippen molar-refractivity contribution in [2.45, 2.75) is 0 Å². The van der Waals surface area contributed by atoms with Crippen LogP contribution in [0.2, 0.25) is 0 Å². The van der Waals surface area contributed by atoms with Gasteiger partial charge in [-0.15, -0.1) is 0 Å². The molecule has 150 valence electrons. The summed E-state index contributed by atoms with van der Waals surface area (Å²) in [6, 6.07) is 7.20. The first kappa shape index (κ1) is 21.1. The van der Waals surface area contributed by atoms with Gasteiger partial charge in [0.1, 0.15) is 0 Å². The molecule has 0 aliphatic carbocycles. The van der Waals surface area contributed by atoms with Gasteiger partial charge in [0.15, 0.2) is 5.78 Å². The third-order valence-electron chi connectivity index (χ3n) is 4.04. The molecule has 0 aliphatic rings. The summed E-state index contributed by atoms with van der Waals surface area (Å²) in [6.45, 7) is 0. The number of hydrogen-bond acceptors (Lipinski definition) is 6. The number of carbonyl (C=O) groups is 5. The van der Waals surface area contributed by atoms with E-state index in [0.717, 1.165) is 4.90 Å². The molecule has 0 spiro atoms. The Morgan fingerprint density at radius 1 is 0.621 bits per heavy atom. The van der Waals surface area contributed by atoms with Gasteiger partial charge in [-0.3, -0.25) is 4.79 Å². The summed E-state index contributed by atoms with van der Waals surface area (Å²) in [5, 5.41) is 38.3. The summed E-state index contributed by atoms with van der Waals surface area (Å²) >= 11 is 0. The Morgan fingerprint density at radius 2 is 1.00 bits per heavy atom. The molecule has 0 bridgehead atoms. The lowest BCUT2D eigenvalue weighted by molar-refractivity contribution is 0.0618. The predicted molar refractivity (Wildman–Crippen MR) is 98.5 cm³/mol. The lowest BCUT2D eigenvalue weighted by Gasteiger charge is -2.24. The van der Waals surface area contributed by atoms with E-state index in [0.29, 0.717) is 0 Å². The van der Waals surface area contributed by atoms with Crippen molar-refractivity contribution in [1.29, 1.82) is 0 Å². The zero-order valence-corrected chi connectivity index (χ0v) is 15.2. The van der Waals surface area contributed by atoms with Crippen molar-refractivity contribution in [1.82, 2.24) is 0 Å². The maximum Gasteiger partial charge on any atom is 0.338 e. The molecule has 0 saturated heterocycles. The maximum absolute atomic E-state index is 13.1. The Labute approximate surface area is 163 Å². The summed E-state index contributed by atoms with van der Waals surface area (Å²) < 4.78 is 0. The fourth-order valence-corrected chi connectivity index (χ4v) is 2.99. The molecule has 0 fully saturated rings. The van der Waals surface area contributed by atoms with Gasteiger partial charge in [0.25, 0.3) is 0 Å². The van der Waals surface area contributed by atoms with Gasteiger partial charge >= 0.3 is 23.9 Å². The van der Waals surface area contributed by atoms with Gasteiger partial charge in [0.05, 0.1) is 33.5 Å². The lowest BCUT2D eigenvalue weighted by atomic mass is 9.85. The van der Waals surface area contributed by atoms with Gasteiger partial charge in [0.2, 0.25) is 0 Å². The van der Waals surface area contributed by atoms with Gasteiger partial charge in [-0.1, -0.05) is 30.3 Å². The second-order valence-electron chi connectivity index (χ2n) is 6.03. The molecule has 0 radical (unpaired) electrons. The quantitative estimate of drug-likeness (QED) is 0.501. The number of anilines is 1. The molecule has 29 heavy (non-hydrogen) atoms. The van der Waals surface area contributed by atoms with Crippen LogP contribution in [0.1, 0.15) is 57.4 Å². The summed E-state index contributed by atoms with van der Waals surface area (Å²) in [5.74, 6) is -8.62. The van der Waals surface area contributed by atoms with Gasteiger partial charge in [-0.05, 0) is 0 Å². The highest BCUT2D eigenvalue weighted by Crippen LogP contribution is 2.36. The number of rotatable bonds is 7. The molecule has 0 amide bonds. The Kier molecular flexibility index (Phi) is 5.68. The van der Waals surface area contributed by atoms with E-state index in [1.165, 1.54) is 38.4 Å². The van der Waals surface area contributed by atoms with Gasteiger partial charge in [-0.2, -0.15) is 0 Å². The molecule has 2 aromatic carbocycles. The summed E-state index contributed by atoms with van der Waals surface area (Å²) in [7, 11) is 2.56. The average molecular weight is 401 g/mol. The summed E-state index contributed by atoms with van der Waals surface area (Å²) in [6.07, 6.45) is 0. The maximum atomic E-state index is 13.1. The molecule has 10 nitrogen and oxygen atoms in total. The topological polar surface area (TPSA) is 170 Å². The molecule has 0 aromatic heterocycles. The first-order valence-corrected chi connectivity index (χ1v) is 7.94. The van der Waals surface area contributed by atoms with E-state index >= 15 is 0 Å². The van der Waals surface area contributed by atoms with E-state index < -0.39 is 63.2 Å². The average Bonchev–Trinajstić information content (AvgIpc) is 2.64. The number of hydrogen-bond donors (Lipinski definition) is 4. The monoisotopic (exact) mass is 401 g/mol. The number of carboxylic acids is 4. The van der Waals surface area contributed by atoms with Crippen molar-refractivity contribution < 1.29 is 44.4 Å². The van der Waals surface area contributed by atoms with E-state index in [1.807, 2.05) is 0 Å². The normalized spacial score (nSPS) is 10.3. The third-order valence-corrected chi connectivity index (χ3v) is 4.04. The number of aromatic carboxylic acids is 4. The molecule has 0 heterocycles. The van der Waals surface area contributed by atoms with Crippen molar-refractivity contribution in [3.05, 3.63) is 63.7 Å². The number of nitrogens with zero attached hydrogens (tertiary/aromatic N) is 1. The molecular formula is C19H15NO9. The molecule has 2 aromatic rings. The van der Waals surface area contributed by atoms with Crippen LogP contribution in [0.15, 0.2) is 30.3 Å².